The molecule has 0 saturated carbocycles. The molecule has 0 unspecified atom stereocenters. The van der Waals surface area contributed by atoms with E-state index < -0.39 is 0 Å². The second kappa shape index (κ2) is 16.6. The van der Waals surface area contributed by atoms with Gasteiger partial charge in [-0.15, -0.1) is 0 Å². The first-order valence-corrected chi connectivity index (χ1v) is 10.9. The van der Waals surface area contributed by atoms with Gasteiger partial charge in [-0.1, -0.05) is 63.3 Å². The van der Waals surface area contributed by atoms with Crippen molar-refractivity contribution in [2.24, 2.45) is 0 Å². The van der Waals surface area contributed by atoms with Gasteiger partial charge in [0.05, 0.1) is 0 Å². The van der Waals surface area contributed by atoms with Crippen LogP contribution in [0, 0.1) is 0 Å². The van der Waals surface area contributed by atoms with E-state index in [4.69, 9.17) is 9.47 Å². The van der Waals surface area contributed by atoms with Crippen molar-refractivity contribution in [1.29, 1.82) is 0 Å². The molecule has 27 heavy (non-hydrogen) atoms. The highest BCUT2D eigenvalue weighted by Crippen LogP contribution is 2.14. The molecule has 0 bridgehead atoms. The summed E-state index contributed by atoms with van der Waals surface area (Å²) in [5.41, 5.74) is 0. The summed E-state index contributed by atoms with van der Waals surface area (Å²) in [7, 11) is 0. The number of hydrogen-bond donors (Lipinski definition) is 0. The molecule has 0 N–H and O–H groups in total. The number of rotatable bonds is 16. The summed E-state index contributed by atoms with van der Waals surface area (Å²) in [5, 5.41) is 0. The molecule has 1 aliphatic heterocycles. The van der Waals surface area contributed by atoms with Crippen LogP contribution in [0.4, 0.5) is 0 Å². The molecule has 0 amide bonds. The van der Waals surface area contributed by atoms with Gasteiger partial charge in [0, 0.05) is 12.8 Å². The second-order valence-electron chi connectivity index (χ2n) is 7.31. The number of ether oxygens (including phenoxy) is 2. The second-order valence-corrected chi connectivity index (χ2v) is 7.31. The molecule has 0 aliphatic carbocycles. The van der Waals surface area contributed by atoms with Crippen LogP contribution in [0.3, 0.4) is 0 Å². The van der Waals surface area contributed by atoms with E-state index in [2.05, 4.69) is 31.2 Å². The smallest absolute Gasteiger partial charge is 0.306 e. The van der Waals surface area contributed by atoms with E-state index in [1.54, 1.807) is 0 Å². The Kier molecular flexibility index (Phi) is 14.4. The van der Waals surface area contributed by atoms with Crippen LogP contribution in [-0.2, 0) is 19.1 Å². The molecule has 0 aromatic rings. The molecule has 1 fully saturated rings. The number of unbranched alkanes of at least 4 members (excludes halogenated alkanes) is 8. The molecule has 4 heteroatoms. The van der Waals surface area contributed by atoms with Crippen LogP contribution in [0.25, 0.3) is 0 Å². The Morgan fingerprint density at radius 3 is 2.33 bits per heavy atom. The van der Waals surface area contributed by atoms with Crippen LogP contribution >= 0.6 is 0 Å². The van der Waals surface area contributed by atoms with Crippen LogP contribution in [-0.4, -0.2) is 24.6 Å². The fraction of sp³-hybridized carbons (Fsp3) is 0.739. The predicted molar refractivity (Wildman–Crippen MR) is 109 cm³/mol. The van der Waals surface area contributed by atoms with Crippen molar-refractivity contribution in [1.82, 2.24) is 0 Å². The highest BCUT2D eigenvalue weighted by atomic mass is 16.6. The molecule has 1 heterocycles. The molecule has 1 rings (SSSR count). The first-order chi connectivity index (χ1) is 13.2. The standard InChI is InChI=1S/C23H38O4/c1-2-3-4-5-6-7-8-9-10-11-12-13-14-15-16-17-22(24)26-20-21-18-19-23(25)27-21/h6-7,9-10,21H,2-5,8,11-20H2,1H3/b7-6-,10-9-/t21-/m0/s1. The van der Waals surface area contributed by atoms with E-state index in [-0.39, 0.29) is 24.6 Å². The predicted octanol–water partition coefficient (Wildman–Crippen LogP) is 6.05. The summed E-state index contributed by atoms with van der Waals surface area (Å²) in [6.07, 6.45) is 23.3. The van der Waals surface area contributed by atoms with Crippen molar-refractivity contribution in [3.63, 3.8) is 0 Å². The number of esters is 2. The third-order valence-corrected chi connectivity index (χ3v) is 4.73. The van der Waals surface area contributed by atoms with Gasteiger partial charge in [-0.05, 0) is 44.9 Å². The maximum atomic E-state index is 11.6. The fourth-order valence-corrected chi connectivity index (χ4v) is 3.04. The minimum Gasteiger partial charge on any atom is -0.462 e. The Morgan fingerprint density at radius 2 is 1.67 bits per heavy atom. The van der Waals surface area contributed by atoms with E-state index in [9.17, 15) is 9.59 Å². The molecule has 0 spiro atoms. The molecule has 1 aliphatic rings. The van der Waals surface area contributed by atoms with Crippen molar-refractivity contribution in [2.45, 2.75) is 103 Å². The zero-order valence-electron chi connectivity index (χ0n) is 17.1. The Balaban J connectivity index is 1.82. The van der Waals surface area contributed by atoms with Gasteiger partial charge in [0.25, 0.3) is 0 Å². The van der Waals surface area contributed by atoms with Crippen molar-refractivity contribution < 1.29 is 19.1 Å². The lowest BCUT2D eigenvalue weighted by Gasteiger charge is -2.09. The van der Waals surface area contributed by atoms with Gasteiger partial charge in [0.2, 0.25) is 0 Å². The van der Waals surface area contributed by atoms with Crippen molar-refractivity contribution in [3.8, 4) is 0 Å². The number of hydrogen-bond acceptors (Lipinski definition) is 4. The van der Waals surface area contributed by atoms with Gasteiger partial charge in [-0.25, -0.2) is 0 Å². The van der Waals surface area contributed by atoms with Gasteiger partial charge in [-0.3, -0.25) is 9.59 Å². The number of carbonyl (C=O) groups is 2. The third kappa shape index (κ3) is 14.2. The van der Waals surface area contributed by atoms with Crippen LogP contribution in [0.2, 0.25) is 0 Å². The molecule has 1 saturated heterocycles. The summed E-state index contributed by atoms with van der Waals surface area (Å²) in [6.45, 7) is 2.45. The first kappa shape index (κ1) is 23.5. The molecule has 154 valence electrons. The Labute approximate surface area is 165 Å². The summed E-state index contributed by atoms with van der Waals surface area (Å²) in [4.78, 5) is 22.6. The zero-order valence-corrected chi connectivity index (χ0v) is 17.1. The van der Waals surface area contributed by atoms with Crippen LogP contribution in [0.15, 0.2) is 24.3 Å². The Hall–Kier alpha value is -1.58. The quantitative estimate of drug-likeness (QED) is 0.186. The average molecular weight is 379 g/mol. The summed E-state index contributed by atoms with van der Waals surface area (Å²) in [6, 6.07) is 0. The molecular weight excluding hydrogens is 340 g/mol. The lowest BCUT2D eigenvalue weighted by Crippen LogP contribution is -2.18. The summed E-state index contributed by atoms with van der Waals surface area (Å²) >= 11 is 0. The Morgan fingerprint density at radius 1 is 1.00 bits per heavy atom. The van der Waals surface area contributed by atoms with Gasteiger partial charge in [-0.2, -0.15) is 0 Å². The zero-order chi connectivity index (χ0) is 19.6. The minimum atomic E-state index is -0.231. The van der Waals surface area contributed by atoms with Crippen LogP contribution in [0.1, 0.15) is 96.8 Å². The maximum absolute atomic E-state index is 11.6. The number of allylic oxidation sites excluding steroid dienone is 4. The molecule has 0 radical (unpaired) electrons. The van der Waals surface area contributed by atoms with Crippen molar-refractivity contribution >= 4 is 11.9 Å². The van der Waals surface area contributed by atoms with Crippen molar-refractivity contribution in [3.05, 3.63) is 24.3 Å². The third-order valence-electron chi connectivity index (χ3n) is 4.73. The van der Waals surface area contributed by atoms with Gasteiger partial charge < -0.3 is 9.47 Å². The van der Waals surface area contributed by atoms with E-state index in [0.29, 0.717) is 19.3 Å². The SMILES string of the molecule is CCCCC/C=C\C/C=C\CCCCCCCC(=O)OC[C@@H]1CCC(=O)O1. The highest BCUT2D eigenvalue weighted by molar-refractivity contribution is 5.72. The van der Waals surface area contributed by atoms with Crippen LogP contribution in [0.5, 0.6) is 0 Å². The van der Waals surface area contributed by atoms with Crippen molar-refractivity contribution in [2.75, 3.05) is 6.61 Å². The molecule has 0 aromatic carbocycles. The monoisotopic (exact) mass is 378 g/mol. The van der Waals surface area contributed by atoms with Gasteiger partial charge >= 0.3 is 11.9 Å². The minimum absolute atomic E-state index is 0.177. The van der Waals surface area contributed by atoms with Gasteiger partial charge in [0.1, 0.15) is 12.7 Å². The lowest BCUT2D eigenvalue weighted by atomic mass is 10.1. The Bertz CT molecular complexity index is 453. The lowest BCUT2D eigenvalue weighted by molar-refractivity contribution is -0.152. The average Bonchev–Trinajstić information content (AvgIpc) is 3.08. The normalized spacial score (nSPS) is 17.1. The summed E-state index contributed by atoms with van der Waals surface area (Å²) in [5.74, 6) is -0.367. The highest BCUT2D eigenvalue weighted by Gasteiger charge is 2.24. The molecule has 4 nitrogen and oxygen atoms in total. The van der Waals surface area contributed by atoms with E-state index >= 15 is 0 Å². The number of cyclic esters (lactones) is 1. The topological polar surface area (TPSA) is 52.6 Å². The molecular formula is C23H38O4. The first-order valence-electron chi connectivity index (χ1n) is 10.9. The van der Waals surface area contributed by atoms with E-state index in [0.717, 1.165) is 25.7 Å². The van der Waals surface area contributed by atoms with Crippen LogP contribution < -0.4 is 0 Å². The van der Waals surface area contributed by atoms with Gasteiger partial charge in [0.15, 0.2) is 0 Å². The van der Waals surface area contributed by atoms with E-state index in [1.807, 2.05) is 0 Å². The number of carbonyl (C=O) groups excluding carboxylic acids is 2. The molecule has 0 aromatic heterocycles. The largest absolute Gasteiger partial charge is 0.462 e. The molecule has 1 atom stereocenters. The van der Waals surface area contributed by atoms with E-state index in [1.165, 1.54) is 44.9 Å². The fourth-order valence-electron chi connectivity index (χ4n) is 3.04. The maximum Gasteiger partial charge on any atom is 0.306 e. The summed E-state index contributed by atoms with van der Waals surface area (Å²) < 4.78 is 10.2.